The summed E-state index contributed by atoms with van der Waals surface area (Å²) in [5.74, 6) is 2.09. The molecule has 0 atom stereocenters. The molecule has 0 amide bonds. The Bertz CT molecular complexity index is 932. The predicted molar refractivity (Wildman–Crippen MR) is 110 cm³/mol. The van der Waals surface area contributed by atoms with Crippen LogP contribution in [-0.4, -0.2) is 39.2 Å². The molecule has 1 aliphatic heterocycles. The molecule has 3 aromatic rings. The van der Waals surface area contributed by atoms with E-state index in [0.29, 0.717) is 17.8 Å². The highest BCUT2D eigenvalue weighted by molar-refractivity contribution is 5.58. The lowest BCUT2D eigenvalue weighted by atomic mass is 10.0. The van der Waals surface area contributed by atoms with Gasteiger partial charge in [0.2, 0.25) is 0 Å². The van der Waals surface area contributed by atoms with Crippen molar-refractivity contribution in [2.24, 2.45) is 0 Å². The van der Waals surface area contributed by atoms with E-state index in [2.05, 4.69) is 25.3 Å². The van der Waals surface area contributed by atoms with Gasteiger partial charge in [-0.1, -0.05) is 31.1 Å². The third kappa shape index (κ3) is 4.98. The van der Waals surface area contributed by atoms with Crippen LogP contribution < -0.4 is 5.32 Å². The summed E-state index contributed by atoms with van der Waals surface area (Å²) in [5.41, 5.74) is 2.02. The molecule has 0 saturated carbocycles. The predicted octanol–water partition coefficient (Wildman–Crippen LogP) is 4.47. The zero-order valence-corrected chi connectivity index (χ0v) is 16.8. The Hall–Kier alpha value is -2.80. The maximum Gasteiger partial charge on any atom is 0.258 e. The van der Waals surface area contributed by atoms with Gasteiger partial charge in [0, 0.05) is 43.4 Å². The van der Waals surface area contributed by atoms with Crippen molar-refractivity contribution >= 4 is 5.82 Å². The molecule has 0 bridgehead atoms. The molecule has 1 aromatic carbocycles. The van der Waals surface area contributed by atoms with Crippen LogP contribution in [0.1, 0.15) is 44.0 Å². The molecule has 0 radical (unpaired) electrons. The summed E-state index contributed by atoms with van der Waals surface area (Å²) in [6, 6.07) is 11.0. The smallest absolute Gasteiger partial charge is 0.258 e. The van der Waals surface area contributed by atoms with Crippen LogP contribution in [0.2, 0.25) is 0 Å². The monoisotopic (exact) mass is 395 g/mol. The summed E-state index contributed by atoms with van der Waals surface area (Å²) in [4.78, 5) is 11.3. The van der Waals surface area contributed by atoms with E-state index in [9.17, 15) is 4.39 Å². The van der Waals surface area contributed by atoms with Crippen molar-refractivity contribution in [3.05, 3.63) is 59.8 Å². The van der Waals surface area contributed by atoms with Crippen molar-refractivity contribution in [1.82, 2.24) is 20.0 Å². The Kier molecular flexibility index (Phi) is 5.85. The van der Waals surface area contributed by atoms with E-state index in [1.54, 1.807) is 6.20 Å². The van der Waals surface area contributed by atoms with E-state index in [0.717, 1.165) is 49.4 Å². The van der Waals surface area contributed by atoms with E-state index < -0.39 is 0 Å². The number of nitrogens with zero attached hydrogens (tertiary/aromatic N) is 4. The molecule has 1 saturated heterocycles. The number of hydrogen-bond acceptors (Lipinski definition) is 6. The number of benzene rings is 1. The molecule has 6 nitrogen and oxygen atoms in total. The van der Waals surface area contributed by atoms with Gasteiger partial charge >= 0.3 is 0 Å². The molecule has 3 heterocycles. The molecule has 4 rings (SSSR count). The fourth-order valence-corrected chi connectivity index (χ4v) is 3.52. The minimum Gasteiger partial charge on any atom is -0.367 e. The van der Waals surface area contributed by atoms with Gasteiger partial charge in [0.25, 0.3) is 5.89 Å². The first-order valence-corrected chi connectivity index (χ1v) is 10.1. The second-order valence-corrected chi connectivity index (χ2v) is 7.86. The van der Waals surface area contributed by atoms with Gasteiger partial charge in [-0.15, -0.1) is 0 Å². The summed E-state index contributed by atoms with van der Waals surface area (Å²) in [5, 5.41) is 7.57. The van der Waals surface area contributed by atoms with Crippen LogP contribution in [0, 0.1) is 5.82 Å². The molecule has 0 aliphatic carbocycles. The van der Waals surface area contributed by atoms with Crippen molar-refractivity contribution in [2.45, 2.75) is 45.2 Å². The van der Waals surface area contributed by atoms with E-state index in [4.69, 9.17) is 4.52 Å². The number of rotatable bonds is 6. The van der Waals surface area contributed by atoms with Gasteiger partial charge in [0.05, 0.1) is 0 Å². The summed E-state index contributed by atoms with van der Waals surface area (Å²) in [7, 11) is 0. The molecule has 7 heteroatoms. The lowest BCUT2D eigenvalue weighted by Crippen LogP contribution is -2.38. The van der Waals surface area contributed by atoms with Crippen molar-refractivity contribution in [3.63, 3.8) is 0 Å². The van der Waals surface area contributed by atoms with E-state index >= 15 is 0 Å². The molecular weight excluding hydrogens is 369 g/mol. The highest BCUT2D eigenvalue weighted by atomic mass is 19.1. The molecular formula is C22H26FN5O. The molecule has 1 fully saturated rings. The van der Waals surface area contributed by atoms with Gasteiger partial charge in [-0.3, -0.25) is 4.90 Å². The summed E-state index contributed by atoms with van der Waals surface area (Å²) >= 11 is 0. The van der Waals surface area contributed by atoms with Gasteiger partial charge in [0.15, 0.2) is 5.82 Å². The van der Waals surface area contributed by atoms with Gasteiger partial charge < -0.3 is 9.84 Å². The van der Waals surface area contributed by atoms with Crippen LogP contribution in [0.15, 0.2) is 47.1 Å². The third-order valence-electron chi connectivity index (χ3n) is 5.22. The minimum absolute atomic E-state index is 0.188. The van der Waals surface area contributed by atoms with Gasteiger partial charge in [-0.25, -0.2) is 9.37 Å². The van der Waals surface area contributed by atoms with Gasteiger partial charge in [-0.2, -0.15) is 4.98 Å². The molecule has 1 N–H and O–H groups in total. The van der Waals surface area contributed by atoms with Crippen LogP contribution >= 0.6 is 0 Å². The Morgan fingerprint density at radius 2 is 1.93 bits per heavy atom. The molecule has 29 heavy (non-hydrogen) atoms. The largest absolute Gasteiger partial charge is 0.367 e. The van der Waals surface area contributed by atoms with Crippen LogP contribution in [0.5, 0.6) is 0 Å². The first-order chi connectivity index (χ1) is 14.1. The Balaban J connectivity index is 1.32. The number of halogens is 1. The summed E-state index contributed by atoms with van der Waals surface area (Å²) in [6.07, 6.45) is 3.83. The quantitative estimate of drug-likeness (QED) is 0.664. The lowest BCUT2D eigenvalue weighted by molar-refractivity contribution is 0.211. The second kappa shape index (κ2) is 8.69. The number of anilines is 1. The number of pyridine rings is 1. The Morgan fingerprint density at radius 1 is 1.17 bits per heavy atom. The van der Waals surface area contributed by atoms with Gasteiger partial charge in [-0.05, 0) is 42.7 Å². The van der Waals surface area contributed by atoms with E-state index in [-0.39, 0.29) is 11.7 Å². The number of likely N-dealkylation sites (tertiary alicyclic amines) is 1. The van der Waals surface area contributed by atoms with E-state index in [1.807, 2.05) is 38.1 Å². The Labute approximate surface area is 170 Å². The average molecular weight is 395 g/mol. The number of aromatic nitrogens is 3. The molecule has 0 unspecified atom stereocenters. The molecule has 152 valence electrons. The zero-order chi connectivity index (χ0) is 20.2. The number of piperidine rings is 1. The molecule has 2 aromatic heterocycles. The van der Waals surface area contributed by atoms with Crippen molar-refractivity contribution in [3.8, 4) is 11.5 Å². The van der Waals surface area contributed by atoms with Crippen molar-refractivity contribution in [2.75, 3.05) is 18.4 Å². The topological polar surface area (TPSA) is 67.1 Å². The van der Waals surface area contributed by atoms with Crippen LogP contribution in [0.25, 0.3) is 11.5 Å². The Morgan fingerprint density at radius 3 is 2.62 bits per heavy atom. The van der Waals surface area contributed by atoms with Crippen LogP contribution in [0.4, 0.5) is 10.2 Å². The summed E-state index contributed by atoms with van der Waals surface area (Å²) < 4.78 is 18.4. The first kappa shape index (κ1) is 19.5. The third-order valence-corrected chi connectivity index (χ3v) is 5.22. The second-order valence-electron chi connectivity index (χ2n) is 7.86. The summed E-state index contributed by atoms with van der Waals surface area (Å²) in [6.45, 7) is 6.93. The maximum atomic E-state index is 13.1. The fourth-order valence-electron chi connectivity index (χ4n) is 3.52. The number of nitrogens with one attached hydrogen (secondary N) is 1. The normalized spacial score (nSPS) is 15.7. The van der Waals surface area contributed by atoms with Crippen LogP contribution in [0.3, 0.4) is 0 Å². The highest BCUT2D eigenvalue weighted by Gasteiger charge is 2.20. The van der Waals surface area contributed by atoms with Crippen molar-refractivity contribution in [1.29, 1.82) is 0 Å². The first-order valence-electron chi connectivity index (χ1n) is 10.1. The average Bonchev–Trinajstić information content (AvgIpc) is 3.22. The van der Waals surface area contributed by atoms with E-state index in [1.165, 1.54) is 12.1 Å². The highest BCUT2D eigenvalue weighted by Crippen LogP contribution is 2.23. The molecule has 0 spiro atoms. The SMILES string of the molecule is CC(C)c1noc(-c2ccnc(NC3CCN(Cc4ccc(F)cc4)CC3)c2)n1. The number of hydrogen-bond donors (Lipinski definition) is 1. The van der Waals surface area contributed by atoms with Crippen LogP contribution in [-0.2, 0) is 6.54 Å². The zero-order valence-electron chi connectivity index (χ0n) is 16.8. The standard InChI is InChI=1S/C22H26FN5O/c1-15(2)21-26-22(29-27-21)17-7-10-24-20(13-17)25-19-8-11-28(12-9-19)14-16-3-5-18(23)6-4-16/h3-7,10,13,15,19H,8-9,11-12,14H2,1-2H3,(H,24,25). The van der Waals surface area contributed by atoms with Gasteiger partial charge in [0.1, 0.15) is 11.6 Å². The fraction of sp³-hybridized carbons (Fsp3) is 0.409. The maximum absolute atomic E-state index is 13.1. The minimum atomic E-state index is -0.188. The molecule has 1 aliphatic rings. The lowest BCUT2D eigenvalue weighted by Gasteiger charge is -2.32. The van der Waals surface area contributed by atoms with Crippen molar-refractivity contribution < 1.29 is 8.91 Å².